The zero-order chi connectivity index (χ0) is 13.8. The first-order valence-corrected chi connectivity index (χ1v) is 7.78. The molecule has 0 N–H and O–H groups in total. The smallest absolute Gasteiger partial charge is 0.183 e. The molecule has 0 amide bonds. The molecule has 2 nitrogen and oxygen atoms in total. The Hall–Kier alpha value is -0.670. The van der Waals surface area contributed by atoms with Crippen molar-refractivity contribution >= 4 is 17.1 Å². The molecule has 0 bridgehead atoms. The number of carbonyl (C=O) groups excluding carboxylic acids is 1. The predicted molar refractivity (Wildman–Crippen MR) is 79.6 cm³/mol. The minimum absolute atomic E-state index is 0.292. The van der Waals surface area contributed by atoms with Crippen LogP contribution >= 0.6 is 11.3 Å². The van der Waals surface area contributed by atoms with Gasteiger partial charge in [0.2, 0.25) is 0 Å². The lowest BCUT2D eigenvalue weighted by Gasteiger charge is -2.40. The Balaban J connectivity index is 3.15. The molecule has 1 aromatic rings. The van der Waals surface area contributed by atoms with Gasteiger partial charge in [0.05, 0.1) is 5.54 Å². The Labute approximate surface area is 115 Å². The van der Waals surface area contributed by atoms with Crippen molar-refractivity contribution in [2.24, 2.45) is 0 Å². The monoisotopic (exact) mass is 267 g/mol. The molecule has 0 fully saturated rings. The summed E-state index contributed by atoms with van der Waals surface area (Å²) >= 11 is 1.66. The van der Waals surface area contributed by atoms with Crippen LogP contribution in [0.2, 0.25) is 0 Å². The first kappa shape index (κ1) is 15.4. The summed E-state index contributed by atoms with van der Waals surface area (Å²) in [4.78, 5) is 16.4. The van der Waals surface area contributed by atoms with Crippen molar-refractivity contribution in [3.05, 3.63) is 21.9 Å². The summed E-state index contributed by atoms with van der Waals surface area (Å²) in [5, 5.41) is 2.00. The number of likely N-dealkylation sites (N-methyl/N-ethyl adjacent to an activating group) is 1. The van der Waals surface area contributed by atoms with E-state index in [-0.39, 0.29) is 5.54 Å². The summed E-state index contributed by atoms with van der Waals surface area (Å²) in [6, 6.07) is 2.02. The van der Waals surface area contributed by atoms with Gasteiger partial charge in [0.15, 0.2) is 5.78 Å². The van der Waals surface area contributed by atoms with Gasteiger partial charge in [0, 0.05) is 15.8 Å². The van der Waals surface area contributed by atoms with Crippen molar-refractivity contribution in [3.63, 3.8) is 0 Å². The summed E-state index contributed by atoms with van der Waals surface area (Å²) in [6.07, 6.45) is 1.75. The molecular formula is C15H25NOS. The molecule has 0 saturated carbocycles. The molecule has 0 aliphatic rings. The lowest BCUT2D eigenvalue weighted by molar-refractivity contribution is 0.0535. The van der Waals surface area contributed by atoms with Crippen LogP contribution in [0.1, 0.15) is 55.8 Å². The molecule has 0 saturated heterocycles. The third-order valence-corrected chi connectivity index (χ3v) is 4.82. The van der Waals surface area contributed by atoms with Crippen LogP contribution in [0.3, 0.4) is 0 Å². The van der Waals surface area contributed by atoms with Gasteiger partial charge < -0.3 is 0 Å². The number of rotatable bonds is 7. The van der Waals surface area contributed by atoms with Crippen LogP contribution in [-0.2, 0) is 0 Å². The van der Waals surface area contributed by atoms with E-state index in [9.17, 15) is 4.79 Å². The Bertz CT molecular complexity index is 389. The van der Waals surface area contributed by atoms with Gasteiger partial charge >= 0.3 is 0 Å². The predicted octanol–water partition coefficient (Wildman–Crippen LogP) is 4.14. The number of nitrogens with zero attached hydrogens (tertiary/aromatic N) is 1. The molecular weight excluding hydrogens is 242 g/mol. The second-order valence-electron chi connectivity index (χ2n) is 4.69. The maximum absolute atomic E-state index is 12.9. The minimum atomic E-state index is -0.322. The first-order valence-electron chi connectivity index (χ1n) is 6.90. The highest BCUT2D eigenvalue weighted by Gasteiger charge is 2.39. The van der Waals surface area contributed by atoms with Gasteiger partial charge in [0.1, 0.15) is 0 Å². The van der Waals surface area contributed by atoms with Crippen LogP contribution in [0.5, 0.6) is 0 Å². The van der Waals surface area contributed by atoms with E-state index in [1.165, 1.54) is 4.88 Å². The molecule has 18 heavy (non-hydrogen) atoms. The Morgan fingerprint density at radius 2 is 1.78 bits per heavy atom. The topological polar surface area (TPSA) is 20.3 Å². The Kier molecular flexibility index (Phi) is 5.54. The fourth-order valence-electron chi connectivity index (χ4n) is 2.82. The number of ketones is 1. The van der Waals surface area contributed by atoms with Crippen LogP contribution in [0.4, 0.5) is 0 Å². The molecule has 0 atom stereocenters. The van der Waals surface area contributed by atoms with Gasteiger partial charge in [-0.15, -0.1) is 11.3 Å². The maximum atomic E-state index is 12.9. The fourth-order valence-corrected chi connectivity index (χ4v) is 3.51. The van der Waals surface area contributed by atoms with Gasteiger partial charge in [-0.3, -0.25) is 9.69 Å². The van der Waals surface area contributed by atoms with E-state index in [0.29, 0.717) is 5.78 Å². The molecule has 0 aliphatic heterocycles. The van der Waals surface area contributed by atoms with Gasteiger partial charge in [0.25, 0.3) is 0 Å². The van der Waals surface area contributed by atoms with E-state index in [4.69, 9.17) is 0 Å². The number of hydrogen-bond acceptors (Lipinski definition) is 3. The molecule has 0 radical (unpaired) electrons. The molecule has 1 heterocycles. The second kappa shape index (κ2) is 6.48. The number of hydrogen-bond donors (Lipinski definition) is 0. The van der Waals surface area contributed by atoms with Gasteiger partial charge in [-0.1, -0.05) is 27.7 Å². The number of thiophene rings is 1. The van der Waals surface area contributed by atoms with Crippen molar-refractivity contribution in [2.75, 3.05) is 13.1 Å². The molecule has 102 valence electrons. The Morgan fingerprint density at radius 3 is 2.11 bits per heavy atom. The van der Waals surface area contributed by atoms with Gasteiger partial charge in [-0.05, 0) is 38.9 Å². The summed E-state index contributed by atoms with van der Waals surface area (Å²) < 4.78 is 0. The highest BCUT2D eigenvalue weighted by atomic mass is 32.1. The summed E-state index contributed by atoms with van der Waals surface area (Å²) in [5.41, 5.74) is 0.560. The molecule has 0 spiro atoms. The number of Topliss-reactive ketones (excluding diaryl/α,β-unsaturated/α-hetero) is 1. The molecule has 0 unspecified atom stereocenters. The van der Waals surface area contributed by atoms with Crippen LogP contribution in [0, 0.1) is 6.92 Å². The normalized spacial score (nSPS) is 12.1. The third-order valence-electron chi connectivity index (χ3n) is 3.95. The van der Waals surface area contributed by atoms with E-state index < -0.39 is 0 Å². The van der Waals surface area contributed by atoms with Crippen LogP contribution in [0.25, 0.3) is 0 Å². The highest BCUT2D eigenvalue weighted by Crippen LogP contribution is 2.30. The van der Waals surface area contributed by atoms with Crippen LogP contribution in [-0.4, -0.2) is 29.3 Å². The van der Waals surface area contributed by atoms with E-state index in [0.717, 1.165) is 31.5 Å². The number of carbonyl (C=O) groups is 1. The Morgan fingerprint density at radius 1 is 1.22 bits per heavy atom. The van der Waals surface area contributed by atoms with Crippen molar-refractivity contribution in [3.8, 4) is 0 Å². The summed E-state index contributed by atoms with van der Waals surface area (Å²) in [6.45, 7) is 12.4. The molecule has 1 aromatic heterocycles. The van der Waals surface area contributed by atoms with E-state index in [1.807, 2.05) is 11.4 Å². The van der Waals surface area contributed by atoms with Gasteiger partial charge in [-0.2, -0.15) is 0 Å². The summed E-state index contributed by atoms with van der Waals surface area (Å²) in [7, 11) is 0. The summed E-state index contributed by atoms with van der Waals surface area (Å²) in [5.74, 6) is 0.292. The average Bonchev–Trinajstić information content (AvgIpc) is 2.82. The van der Waals surface area contributed by atoms with Crippen molar-refractivity contribution in [2.45, 2.75) is 53.0 Å². The van der Waals surface area contributed by atoms with Crippen molar-refractivity contribution < 1.29 is 4.79 Å². The van der Waals surface area contributed by atoms with Gasteiger partial charge in [-0.25, -0.2) is 0 Å². The highest BCUT2D eigenvalue weighted by molar-refractivity contribution is 7.10. The quantitative estimate of drug-likeness (QED) is 0.692. The molecule has 0 aliphatic carbocycles. The van der Waals surface area contributed by atoms with E-state index in [1.54, 1.807) is 11.3 Å². The zero-order valence-electron chi connectivity index (χ0n) is 12.2. The lowest BCUT2D eigenvalue weighted by atomic mass is 9.83. The first-order chi connectivity index (χ1) is 8.55. The molecule has 1 rings (SSSR count). The average molecular weight is 267 g/mol. The fraction of sp³-hybridized carbons (Fsp3) is 0.667. The largest absolute Gasteiger partial charge is 0.292 e. The third kappa shape index (κ3) is 2.67. The van der Waals surface area contributed by atoms with Crippen LogP contribution in [0.15, 0.2) is 11.4 Å². The van der Waals surface area contributed by atoms with E-state index in [2.05, 4.69) is 39.5 Å². The number of aryl methyl sites for hydroxylation is 1. The van der Waals surface area contributed by atoms with Crippen molar-refractivity contribution in [1.29, 1.82) is 0 Å². The second-order valence-corrected chi connectivity index (χ2v) is 5.80. The molecule has 3 heteroatoms. The maximum Gasteiger partial charge on any atom is 0.183 e. The van der Waals surface area contributed by atoms with Crippen LogP contribution < -0.4 is 0 Å². The van der Waals surface area contributed by atoms with Crippen molar-refractivity contribution in [1.82, 2.24) is 4.90 Å². The minimum Gasteiger partial charge on any atom is -0.292 e. The zero-order valence-corrected chi connectivity index (χ0v) is 13.1. The molecule has 0 aromatic carbocycles. The van der Waals surface area contributed by atoms with E-state index >= 15 is 0 Å². The standard InChI is InChI=1S/C15H25NOS/c1-6-15(7-2,16(8-3)9-4)14(17)13-10-12(5)18-11-13/h10-11H,6-9H2,1-5H3. The SMILES string of the molecule is CCN(CC)C(CC)(CC)C(=O)c1csc(C)c1. The lowest BCUT2D eigenvalue weighted by Crippen LogP contribution is -2.53.